The zero-order chi connectivity index (χ0) is 10.2. The fourth-order valence-corrected chi connectivity index (χ4v) is 4.14. The molecule has 1 aliphatic heterocycles. The zero-order valence-electron chi connectivity index (χ0n) is 9.34. The van der Waals surface area contributed by atoms with Gasteiger partial charge in [-0.15, -0.1) is 0 Å². The molecule has 2 bridgehead atoms. The van der Waals surface area contributed by atoms with Crippen LogP contribution in [0.5, 0.6) is 0 Å². The van der Waals surface area contributed by atoms with Crippen LogP contribution in [-0.4, -0.2) is 23.4 Å². The van der Waals surface area contributed by atoms with Crippen LogP contribution in [0.2, 0.25) is 0 Å². The minimum Gasteiger partial charge on any atom is -0.386 e. The summed E-state index contributed by atoms with van der Waals surface area (Å²) in [5, 5.41) is 10.8. The topological polar surface area (TPSA) is 32.8 Å². The van der Waals surface area contributed by atoms with Crippen molar-refractivity contribution in [3.8, 4) is 0 Å². The Morgan fingerprint density at radius 1 is 1.29 bits per heavy atom. The molecule has 0 spiro atoms. The smallest absolute Gasteiger partial charge is 0.110 e. The lowest BCUT2D eigenvalue weighted by atomic mass is 9.63. The summed E-state index contributed by atoms with van der Waals surface area (Å²) < 4.78 is 5.36. The van der Waals surface area contributed by atoms with Crippen LogP contribution in [0.1, 0.15) is 40.0 Å². The summed E-state index contributed by atoms with van der Waals surface area (Å²) in [7, 11) is 0. The van der Waals surface area contributed by atoms with Gasteiger partial charge in [-0.05, 0) is 30.6 Å². The van der Waals surface area contributed by atoms with E-state index in [4.69, 9.17) is 4.74 Å². The SMILES string of the molecule is CC1(C)[C@@H]2CC[C@@]1(C)[C@@](O)(C1CO1)C2. The highest BCUT2D eigenvalue weighted by Gasteiger charge is 2.72. The van der Waals surface area contributed by atoms with Crippen LogP contribution >= 0.6 is 0 Å². The van der Waals surface area contributed by atoms with Crippen molar-refractivity contribution in [1.29, 1.82) is 0 Å². The summed E-state index contributed by atoms with van der Waals surface area (Å²) in [6.07, 6.45) is 3.55. The van der Waals surface area contributed by atoms with Crippen LogP contribution in [-0.2, 0) is 4.74 Å². The molecule has 1 heterocycles. The average molecular weight is 196 g/mol. The molecular formula is C12H20O2. The first-order chi connectivity index (χ1) is 6.42. The molecule has 1 N–H and O–H groups in total. The first-order valence-corrected chi connectivity index (χ1v) is 5.76. The average Bonchev–Trinajstić information content (AvgIpc) is 2.87. The van der Waals surface area contributed by atoms with Crippen molar-refractivity contribution in [3.63, 3.8) is 0 Å². The van der Waals surface area contributed by atoms with E-state index >= 15 is 0 Å². The highest BCUT2D eigenvalue weighted by molar-refractivity contribution is 5.21. The van der Waals surface area contributed by atoms with E-state index in [0.717, 1.165) is 13.0 Å². The number of epoxide rings is 1. The first kappa shape index (κ1) is 9.17. The molecule has 0 aromatic rings. The molecule has 14 heavy (non-hydrogen) atoms. The van der Waals surface area contributed by atoms with Gasteiger partial charge in [0.2, 0.25) is 0 Å². The minimum atomic E-state index is -0.528. The molecule has 4 atom stereocenters. The third-order valence-corrected chi connectivity index (χ3v) is 5.81. The van der Waals surface area contributed by atoms with Crippen molar-refractivity contribution in [2.45, 2.75) is 51.7 Å². The van der Waals surface area contributed by atoms with Crippen molar-refractivity contribution in [1.82, 2.24) is 0 Å². The van der Waals surface area contributed by atoms with Gasteiger partial charge in [-0.2, -0.15) is 0 Å². The molecule has 80 valence electrons. The van der Waals surface area contributed by atoms with E-state index in [-0.39, 0.29) is 16.9 Å². The highest BCUT2D eigenvalue weighted by atomic mass is 16.6. The molecule has 2 aliphatic carbocycles. The number of fused-ring (bicyclic) bond motifs is 2. The molecule has 0 radical (unpaired) electrons. The molecule has 2 nitrogen and oxygen atoms in total. The molecule has 2 heteroatoms. The quantitative estimate of drug-likeness (QED) is 0.650. The number of hydrogen-bond donors (Lipinski definition) is 1. The van der Waals surface area contributed by atoms with Gasteiger partial charge in [0.25, 0.3) is 0 Å². The molecule has 2 saturated carbocycles. The van der Waals surface area contributed by atoms with Gasteiger partial charge in [0, 0.05) is 5.41 Å². The summed E-state index contributed by atoms with van der Waals surface area (Å²) in [5.41, 5.74) is -0.168. The number of rotatable bonds is 1. The Labute approximate surface area is 85.6 Å². The number of hydrogen-bond acceptors (Lipinski definition) is 2. The minimum absolute atomic E-state index is 0.0752. The summed E-state index contributed by atoms with van der Waals surface area (Å²) in [6.45, 7) is 7.69. The highest BCUT2D eigenvalue weighted by Crippen LogP contribution is 2.71. The molecular weight excluding hydrogens is 176 g/mol. The van der Waals surface area contributed by atoms with Crippen molar-refractivity contribution in [2.75, 3.05) is 6.61 Å². The van der Waals surface area contributed by atoms with E-state index in [9.17, 15) is 5.11 Å². The number of aliphatic hydroxyl groups is 1. The molecule has 0 aromatic carbocycles. The Hall–Kier alpha value is -0.0800. The summed E-state index contributed by atoms with van der Waals surface area (Å²) in [4.78, 5) is 0. The molecule has 0 aromatic heterocycles. The van der Waals surface area contributed by atoms with Gasteiger partial charge >= 0.3 is 0 Å². The van der Waals surface area contributed by atoms with Gasteiger partial charge in [0.1, 0.15) is 6.10 Å². The van der Waals surface area contributed by atoms with Crippen molar-refractivity contribution in [2.24, 2.45) is 16.7 Å². The summed E-state index contributed by atoms with van der Waals surface area (Å²) >= 11 is 0. The predicted molar refractivity (Wildman–Crippen MR) is 53.9 cm³/mol. The van der Waals surface area contributed by atoms with E-state index < -0.39 is 5.60 Å². The maximum absolute atomic E-state index is 10.8. The third kappa shape index (κ3) is 0.737. The predicted octanol–water partition coefficient (Wildman–Crippen LogP) is 1.96. The lowest BCUT2D eigenvalue weighted by molar-refractivity contribution is -0.105. The van der Waals surface area contributed by atoms with Crippen molar-refractivity contribution < 1.29 is 9.84 Å². The Morgan fingerprint density at radius 3 is 2.29 bits per heavy atom. The largest absolute Gasteiger partial charge is 0.386 e. The van der Waals surface area contributed by atoms with Gasteiger partial charge in [0.15, 0.2) is 0 Å². The van der Waals surface area contributed by atoms with Crippen LogP contribution in [0.3, 0.4) is 0 Å². The van der Waals surface area contributed by atoms with Gasteiger partial charge in [-0.1, -0.05) is 20.8 Å². The molecule has 1 unspecified atom stereocenters. The lowest BCUT2D eigenvalue weighted by Gasteiger charge is -2.44. The van der Waals surface area contributed by atoms with Gasteiger partial charge in [-0.25, -0.2) is 0 Å². The Bertz CT molecular complexity index is 282. The van der Waals surface area contributed by atoms with Crippen molar-refractivity contribution >= 4 is 0 Å². The molecule has 0 amide bonds. The maximum Gasteiger partial charge on any atom is 0.110 e. The molecule has 3 fully saturated rings. The standard InChI is InChI=1S/C12H20O2/c1-10(2)8-4-5-11(10,3)12(13,6-8)9-7-14-9/h8-9,13H,4-7H2,1-3H3/t8-,9?,11-,12+/m1/s1. The monoisotopic (exact) mass is 196 g/mol. The van der Waals surface area contributed by atoms with E-state index in [1.807, 2.05) is 0 Å². The second-order valence-corrected chi connectivity index (χ2v) is 6.24. The zero-order valence-corrected chi connectivity index (χ0v) is 9.34. The Kier molecular flexibility index (Phi) is 1.44. The third-order valence-electron chi connectivity index (χ3n) is 5.81. The van der Waals surface area contributed by atoms with Gasteiger partial charge in [-0.3, -0.25) is 0 Å². The lowest BCUT2D eigenvalue weighted by Crippen LogP contribution is -2.51. The summed E-state index contributed by atoms with van der Waals surface area (Å²) in [6, 6.07) is 0. The second-order valence-electron chi connectivity index (χ2n) is 6.24. The van der Waals surface area contributed by atoms with Crippen LogP contribution in [0.25, 0.3) is 0 Å². The van der Waals surface area contributed by atoms with Crippen LogP contribution < -0.4 is 0 Å². The summed E-state index contributed by atoms with van der Waals surface area (Å²) in [5.74, 6) is 0.696. The van der Waals surface area contributed by atoms with Gasteiger partial charge < -0.3 is 9.84 Å². The van der Waals surface area contributed by atoms with E-state index in [0.29, 0.717) is 5.92 Å². The molecule has 3 aliphatic rings. The normalized spacial score (nSPS) is 59.1. The maximum atomic E-state index is 10.8. The molecule has 1 saturated heterocycles. The van der Waals surface area contributed by atoms with Gasteiger partial charge in [0.05, 0.1) is 12.2 Å². The van der Waals surface area contributed by atoms with Crippen LogP contribution in [0.15, 0.2) is 0 Å². The second kappa shape index (κ2) is 2.19. The Balaban J connectivity index is 2.06. The fraction of sp³-hybridized carbons (Fsp3) is 1.00. The van der Waals surface area contributed by atoms with Crippen LogP contribution in [0.4, 0.5) is 0 Å². The first-order valence-electron chi connectivity index (χ1n) is 5.76. The Morgan fingerprint density at radius 2 is 1.93 bits per heavy atom. The van der Waals surface area contributed by atoms with Crippen molar-refractivity contribution in [3.05, 3.63) is 0 Å². The van der Waals surface area contributed by atoms with Crippen LogP contribution in [0, 0.1) is 16.7 Å². The van der Waals surface area contributed by atoms with E-state index in [2.05, 4.69) is 20.8 Å². The molecule has 3 rings (SSSR count). The van der Waals surface area contributed by atoms with E-state index in [1.165, 1.54) is 12.8 Å². The number of ether oxygens (including phenoxy) is 1. The fourth-order valence-electron chi connectivity index (χ4n) is 4.14. The van der Waals surface area contributed by atoms with E-state index in [1.54, 1.807) is 0 Å².